The van der Waals surface area contributed by atoms with Crippen molar-refractivity contribution in [2.45, 2.75) is 19.8 Å². The number of phenolic OH excluding ortho intramolecular Hbond substituents is 1. The van der Waals surface area contributed by atoms with Crippen molar-refractivity contribution >= 4 is 23.5 Å². The van der Waals surface area contributed by atoms with Crippen LogP contribution < -0.4 is 0 Å². The van der Waals surface area contributed by atoms with Crippen LogP contribution in [0.1, 0.15) is 30.1 Å². The van der Waals surface area contributed by atoms with Crippen molar-refractivity contribution in [2.75, 3.05) is 19.7 Å². The maximum absolute atomic E-state index is 12.5. The van der Waals surface area contributed by atoms with E-state index in [-0.39, 0.29) is 34.1 Å². The molecule has 0 unspecified atom stereocenters. The molecule has 1 heterocycles. The highest BCUT2D eigenvalue weighted by molar-refractivity contribution is 6.33. The van der Waals surface area contributed by atoms with Crippen molar-refractivity contribution in [3.05, 3.63) is 28.8 Å². The van der Waals surface area contributed by atoms with Gasteiger partial charge in [-0.2, -0.15) is 0 Å². The smallest absolute Gasteiger partial charge is 0.310 e. The maximum Gasteiger partial charge on any atom is 0.310 e. The largest absolute Gasteiger partial charge is 0.508 e. The summed E-state index contributed by atoms with van der Waals surface area (Å²) < 4.78 is 5.02. The summed E-state index contributed by atoms with van der Waals surface area (Å²) in [5, 5.41) is 9.78. The van der Waals surface area contributed by atoms with E-state index in [1.54, 1.807) is 11.8 Å². The molecular formula is C15H18ClNO4. The number of benzene rings is 1. The summed E-state index contributed by atoms with van der Waals surface area (Å²) in [6.07, 6.45) is 1.46. The normalized spacial score (nSPS) is 18.4. The fourth-order valence-corrected chi connectivity index (χ4v) is 2.66. The van der Waals surface area contributed by atoms with E-state index in [0.717, 1.165) is 12.8 Å². The highest BCUT2D eigenvalue weighted by atomic mass is 35.5. The van der Waals surface area contributed by atoms with Crippen LogP contribution in [0.5, 0.6) is 5.75 Å². The minimum atomic E-state index is -0.293. The van der Waals surface area contributed by atoms with Gasteiger partial charge in [0.15, 0.2) is 0 Å². The van der Waals surface area contributed by atoms with E-state index in [1.165, 1.54) is 18.2 Å². The second kappa shape index (κ2) is 6.80. The highest BCUT2D eigenvalue weighted by Crippen LogP contribution is 2.25. The number of ether oxygens (including phenoxy) is 1. The van der Waals surface area contributed by atoms with Gasteiger partial charge >= 0.3 is 5.97 Å². The summed E-state index contributed by atoms with van der Waals surface area (Å²) in [5.41, 5.74) is 0.251. The first-order chi connectivity index (χ1) is 10.0. The Hall–Kier alpha value is -1.75. The Bertz CT molecular complexity index is 546. The van der Waals surface area contributed by atoms with Gasteiger partial charge in [-0.3, -0.25) is 9.59 Å². The van der Waals surface area contributed by atoms with Gasteiger partial charge in [0.05, 0.1) is 23.1 Å². The molecule has 5 nitrogen and oxygen atoms in total. The van der Waals surface area contributed by atoms with E-state index in [9.17, 15) is 14.7 Å². The monoisotopic (exact) mass is 311 g/mol. The zero-order chi connectivity index (χ0) is 15.4. The standard InChI is InChI=1S/C15H18ClNO4/c1-2-21-15(20)10-4-3-7-17(9-10)14(19)12-8-11(18)5-6-13(12)16/h5-6,8,10,18H,2-4,7,9H2,1H3/t10-/m0/s1. The van der Waals surface area contributed by atoms with E-state index in [1.807, 2.05) is 0 Å². The summed E-state index contributed by atoms with van der Waals surface area (Å²) in [6.45, 7) is 2.99. The molecule has 1 amide bonds. The molecule has 0 radical (unpaired) electrons. The molecule has 0 bridgehead atoms. The lowest BCUT2D eigenvalue weighted by Crippen LogP contribution is -2.42. The summed E-state index contributed by atoms with van der Waals surface area (Å²) in [6, 6.07) is 4.26. The number of hydrogen-bond donors (Lipinski definition) is 1. The van der Waals surface area contributed by atoms with Crippen LogP contribution in [0.3, 0.4) is 0 Å². The van der Waals surface area contributed by atoms with E-state index >= 15 is 0 Å². The molecule has 1 atom stereocenters. The van der Waals surface area contributed by atoms with Crippen molar-refractivity contribution in [1.29, 1.82) is 0 Å². The lowest BCUT2D eigenvalue weighted by molar-refractivity contribution is -0.149. The summed E-state index contributed by atoms with van der Waals surface area (Å²) in [5.74, 6) is -0.845. The first-order valence-corrected chi connectivity index (χ1v) is 7.35. The molecule has 2 rings (SSSR count). The molecule has 0 spiro atoms. The van der Waals surface area contributed by atoms with E-state index in [2.05, 4.69) is 0 Å². The zero-order valence-electron chi connectivity index (χ0n) is 11.8. The van der Waals surface area contributed by atoms with Crippen LogP contribution in [-0.4, -0.2) is 41.6 Å². The molecule has 1 N–H and O–H groups in total. The Labute approximate surface area is 128 Å². The van der Waals surface area contributed by atoms with Crippen LogP contribution in [0.25, 0.3) is 0 Å². The van der Waals surface area contributed by atoms with Crippen molar-refractivity contribution in [3.8, 4) is 5.75 Å². The number of aromatic hydroxyl groups is 1. The third kappa shape index (κ3) is 3.67. The highest BCUT2D eigenvalue weighted by Gasteiger charge is 2.30. The molecule has 6 heteroatoms. The van der Waals surface area contributed by atoms with Gasteiger partial charge in [0.2, 0.25) is 0 Å². The number of halogens is 1. The number of carbonyl (C=O) groups excluding carboxylic acids is 2. The predicted octanol–water partition coefficient (Wildman–Crippen LogP) is 2.46. The SMILES string of the molecule is CCOC(=O)[C@H]1CCCN(C(=O)c2cc(O)ccc2Cl)C1. The van der Waals surface area contributed by atoms with E-state index in [4.69, 9.17) is 16.3 Å². The molecule has 1 saturated heterocycles. The van der Waals surface area contributed by atoms with Crippen molar-refractivity contribution in [3.63, 3.8) is 0 Å². The molecule has 21 heavy (non-hydrogen) atoms. The number of likely N-dealkylation sites (tertiary alicyclic amines) is 1. The lowest BCUT2D eigenvalue weighted by atomic mass is 9.97. The predicted molar refractivity (Wildman–Crippen MR) is 78.4 cm³/mol. The molecule has 1 aliphatic rings. The third-order valence-corrected chi connectivity index (χ3v) is 3.84. The Balaban J connectivity index is 2.12. The number of amides is 1. The summed E-state index contributed by atoms with van der Waals surface area (Å²) >= 11 is 6.01. The molecule has 0 aliphatic carbocycles. The van der Waals surface area contributed by atoms with Gasteiger partial charge in [-0.05, 0) is 38.0 Å². The van der Waals surface area contributed by atoms with Gasteiger partial charge in [0, 0.05) is 13.1 Å². The van der Waals surface area contributed by atoms with Gasteiger partial charge in [-0.15, -0.1) is 0 Å². The quantitative estimate of drug-likeness (QED) is 0.871. The van der Waals surface area contributed by atoms with Gasteiger partial charge in [-0.1, -0.05) is 11.6 Å². The zero-order valence-corrected chi connectivity index (χ0v) is 12.6. The third-order valence-electron chi connectivity index (χ3n) is 3.51. The molecule has 0 aromatic heterocycles. The molecule has 1 aromatic rings. The van der Waals surface area contributed by atoms with Crippen molar-refractivity contribution in [1.82, 2.24) is 4.90 Å². The molecule has 1 fully saturated rings. The fourth-order valence-electron chi connectivity index (χ4n) is 2.46. The van der Waals surface area contributed by atoms with Crippen LogP contribution >= 0.6 is 11.6 Å². The number of piperidine rings is 1. The number of rotatable bonds is 3. The molecular weight excluding hydrogens is 294 g/mol. The molecule has 0 saturated carbocycles. The fraction of sp³-hybridized carbons (Fsp3) is 0.467. The van der Waals surface area contributed by atoms with Gasteiger partial charge in [0.25, 0.3) is 5.91 Å². The second-order valence-electron chi connectivity index (χ2n) is 5.01. The van der Waals surface area contributed by atoms with Crippen LogP contribution in [0.15, 0.2) is 18.2 Å². The second-order valence-corrected chi connectivity index (χ2v) is 5.41. The summed E-state index contributed by atoms with van der Waals surface area (Å²) in [4.78, 5) is 25.9. The first-order valence-electron chi connectivity index (χ1n) is 6.97. The molecule has 114 valence electrons. The Morgan fingerprint density at radius 1 is 1.48 bits per heavy atom. The van der Waals surface area contributed by atoms with Gasteiger partial charge in [0.1, 0.15) is 5.75 Å². The average Bonchev–Trinajstić information content (AvgIpc) is 2.49. The Morgan fingerprint density at radius 3 is 2.95 bits per heavy atom. The van der Waals surface area contributed by atoms with Crippen LogP contribution in [-0.2, 0) is 9.53 Å². The number of carbonyl (C=O) groups is 2. The maximum atomic E-state index is 12.5. The van der Waals surface area contributed by atoms with Crippen LogP contribution in [0, 0.1) is 5.92 Å². The minimum Gasteiger partial charge on any atom is -0.508 e. The summed E-state index contributed by atoms with van der Waals surface area (Å²) in [7, 11) is 0. The Morgan fingerprint density at radius 2 is 2.24 bits per heavy atom. The minimum absolute atomic E-state index is 0.0123. The average molecular weight is 312 g/mol. The first kappa shape index (κ1) is 15.6. The van der Waals surface area contributed by atoms with E-state index in [0.29, 0.717) is 19.7 Å². The number of hydrogen-bond acceptors (Lipinski definition) is 4. The van der Waals surface area contributed by atoms with Crippen LogP contribution in [0.2, 0.25) is 5.02 Å². The topological polar surface area (TPSA) is 66.8 Å². The van der Waals surface area contributed by atoms with Crippen molar-refractivity contribution < 1.29 is 19.4 Å². The number of esters is 1. The molecule has 1 aliphatic heterocycles. The Kier molecular flexibility index (Phi) is 5.07. The number of phenols is 1. The number of nitrogens with zero attached hydrogens (tertiary/aromatic N) is 1. The van der Waals surface area contributed by atoms with Crippen LogP contribution in [0.4, 0.5) is 0 Å². The van der Waals surface area contributed by atoms with Gasteiger partial charge < -0.3 is 14.7 Å². The van der Waals surface area contributed by atoms with Gasteiger partial charge in [-0.25, -0.2) is 0 Å². The lowest BCUT2D eigenvalue weighted by Gasteiger charge is -2.31. The van der Waals surface area contributed by atoms with E-state index < -0.39 is 0 Å². The van der Waals surface area contributed by atoms with Crippen molar-refractivity contribution in [2.24, 2.45) is 5.92 Å². The molecule has 1 aromatic carbocycles.